The molecule has 27 heavy (non-hydrogen) atoms. The largest absolute Gasteiger partial charge is 0.484 e. The van der Waals surface area contributed by atoms with Crippen LogP contribution in [0.15, 0.2) is 72.8 Å². The van der Waals surface area contributed by atoms with Crippen molar-refractivity contribution in [1.29, 1.82) is 0 Å². The maximum Gasteiger partial charge on any atom is 0.260 e. The highest BCUT2D eigenvalue weighted by atomic mass is 16.5. The number of likely N-dealkylation sites (N-methyl/N-ethyl adjacent to an activating group) is 1. The summed E-state index contributed by atoms with van der Waals surface area (Å²) in [7, 11) is 1.79. The molecular formula is C23H25NO3. The number of carbonyl (C=O) groups excluding carboxylic acids is 2. The van der Waals surface area contributed by atoms with Crippen molar-refractivity contribution >= 4 is 17.8 Å². The molecule has 0 aliphatic rings. The standard InChI is InChI=1S/C23H25NO3/c1-19(25)9-6-7-12-21-13-8-14-22(17-21)27-18-23(26)24(2)16-15-20-10-4-3-5-11-20/h3-14,17H,15-16,18H2,1-2H3/b9-6+,12-7+. The van der Waals surface area contributed by atoms with Crippen LogP contribution in [0.25, 0.3) is 6.08 Å². The van der Waals surface area contributed by atoms with Crippen LogP contribution in [0.3, 0.4) is 0 Å². The lowest BCUT2D eigenvalue weighted by atomic mass is 10.1. The molecule has 2 rings (SSSR count). The van der Waals surface area contributed by atoms with Crippen LogP contribution in [-0.4, -0.2) is 36.8 Å². The molecule has 2 aromatic carbocycles. The lowest BCUT2D eigenvalue weighted by molar-refractivity contribution is -0.132. The van der Waals surface area contributed by atoms with Gasteiger partial charge in [0.05, 0.1) is 0 Å². The minimum absolute atomic E-state index is 0.00268. The van der Waals surface area contributed by atoms with Crippen molar-refractivity contribution < 1.29 is 14.3 Å². The number of hydrogen-bond donors (Lipinski definition) is 0. The van der Waals surface area contributed by atoms with Crippen LogP contribution in [-0.2, 0) is 16.0 Å². The lowest BCUT2D eigenvalue weighted by Gasteiger charge is -2.17. The number of amides is 1. The molecule has 4 heteroatoms. The van der Waals surface area contributed by atoms with Crippen molar-refractivity contribution in [1.82, 2.24) is 4.90 Å². The van der Waals surface area contributed by atoms with Gasteiger partial charge in [0.25, 0.3) is 5.91 Å². The average Bonchev–Trinajstić information content (AvgIpc) is 2.68. The van der Waals surface area contributed by atoms with Gasteiger partial charge in [-0.1, -0.05) is 60.7 Å². The second kappa shape index (κ2) is 10.8. The summed E-state index contributed by atoms with van der Waals surface area (Å²) in [5.74, 6) is 0.584. The third-order valence-corrected chi connectivity index (χ3v) is 3.96. The Bertz CT molecular complexity index is 809. The van der Waals surface area contributed by atoms with Crippen molar-refractivity contribution in [3.63, 3.8) is 0 Å². The summed E-state index contributed by atoms with van der Waals surface area (Å²) in [4.78, 5) is 24.8. The number of ketones is 1. The maximum absolute atomic E-state index is 12.2. The second-order valence-corrected chi connectivity index (χ2v) is 6.24. The van der Waals surface area contributed by atoms with E-state index in [1.807, 2.05) is 48.5 Å². The van der Waals surface area contributed by atoms with E-state index in [1.54, 1.807) is 24.1 Å². The third-order valence-electron chi connectivity index (χ3n) is 3.96. The summed E-state index contributed by atoms with van der Waals surface area (Å²) < 4.78 is 5.63. The molecule has 0 bridgehead atoms. The SMILES string of the molecule is CC(=O)/C=C/C=C/c1cccc(OCC(=O)N(C)CCc2ccccc2)c1. The molecule has 0 aromatic heterocycles. The van der Waals surface area contributed by atoms with Gasteiger partial charge in [-0.2, -0.15) is 0 Å². The molecule has 0 heterocycles. The van der Waals surface area contributed by atoms with Crippen LogP contribution in [0, 0.1) is 0 Å². The fourth-order valence-corrected chi connectivity index (χ4v) is 2.39. The van der Waals surface area contributed by atoms with E-state index in [-0.39, 0.29) is 18.3 Å². The molecule has 4 nitrogen and oxygen atoms in total. The summed E-state index contributed by atoms with van der Waals surface area (Å²) in [6.07, 6.45) is 7.68. The lowest BCUT2D eigenvalue weighted by Crippen LogP contribution is -2.33. The first-order chi connectivity index (χ1) is 13.0. The first-order valence-electron chi connectivity index (χ1n) is 8.90. The predicted octanol–water partition coefficient (Wildman–Crippen LogP) is 3.92. The highest BCUT2D eigenvalue weighted by Crippen LogP contribution is 2.14. The summed E-state index contributed by atoms with van der Waals surface area (Å²) in [5, 5.41) is 0. The highest BCUT2D eigenvalue weighted by Gasteiger charge is 2.09. The van der Waals surface area contributed by atoms with Crippen LogP contribution in [0.1, 0.15) is 18.1 Å². The van der Waals surface area contributed by atoms with Gasteiger partial charge in [0.2, 0.25) is 0 Å². The van der Waals surface area contributed by atoms with Crippen molar-refractivity contribution in [3.05, 3.63) is 84.0 Å². The van der Waals surface area contributed by atoms with Gasteiger partial charge in [0, 0.05) is 13.6 Å². The predicted molar refractivity (Wildman–Crippen MR) is 109 cm³/mol. The van der Waals surface area contributed by atoms with Gasteiger partial charge in [-0.15, -0.1) is 0 Å². The minimum atomic E-state index is -0.0590. The number of allylic oxidation sites excluding steroid dienone is 3. The second-order valence-electron chi connectivity index (χ2n) is 6.24. The van der Waals surface area contributed by atoms with Gasteiger partial charge in [0.1, 0.15) is 5.75 Å². The smallest absolute Gasteiger partial charge is 0.260 e. The Labute approximate surface area is 160 Å². The number of benzene rings is 2. The molecular weight excluding hydrogens is 338 g/mol. The van der Waals surface area contributed by atoms with E-state index >= 15 is 0 Å². The van der Waals surface area contributed by atoms with Gasteiger partial charge in [-0.25, -0.2) is 0 Å². The van der Waals surface area contributed by atoms with E-state index in [0.717, 1.165) is 12.0 Å². The van der Waals surface area contributed by atoms with E-state index in [4.69, 9.17) is 4.74 Å². The van der Waals surface area contributed by atoms with Crippen molar-refractivity contribution in [2.24, 2.45) is 0 Å². The molecule has 0 atom stereocenters. The van der Waals surface area contributed by atoms with Crippen LogP contribution >= 0.6 is 0 Å². The van der Waals surface area contributed by atoms with E-state index < -0.39 is 0 Å². The Hall–Kier alpha value is -3.14. The maximum atomic E-state index is 12.2. The Morgan fingerprint density at radius 3 is 2.56 bits per heavy atom. The van der Waals surface area contributed by atoms with Crippen LogP contribution in [0.4, 0.5) is 0 Å². The summed E-state index contributed by atoms with van der Waals surface area (Å²) in [6.45, 7) is 2.16. The van der Waals surface area contributed by atoms with Gasteiger partial charge >= 0.3 is 0 Å². The summed E-state index contributed by atoms with van der Waals surface area (Å²) in [5.41, 5.74) is 2.14. The number of carbonyl (C=O) groups is 2. The monoisotopic (exact) mass is 363 g/mol. The molecule has 140 valence electrons. The van der Waals surface area contributed by atoms with Crippen LogP contribution in [0.2, 0.25) is 0 Å². The zero-order valence-electron chi connectivity index (χ0n) is 15.8. The molecule has 0 spiro atoms. The number of hydrogen-bond acceptors (Lipinski definition) is 3. The molecule has 0 radical (unpaired) electrons. The van der Waals surface area contributed by atoms with E-state index in [0.29, 0.717) is 12.3 Å². The normalized spacial score (nSPS) is 11.0. The van der Waals surface area contributed by atoms with Crippen molar-refractivity contribution in [2.45, 2.75) is 13.3 Å². The van der Waals surface area contributed by atoms with Gasteiger partial charge in [-0.3, -0.25) is 9.59 Å². The average molecular weight is 363 g/mol. The fraction of sp³-hybridized carbons (Fsp3) is 0.217. The van der Waals surface area contributed by atoms with Gasteiger partial charge < -0.3 is 9.64 Å². The van der Waals surface area contributed by atoms with Crippen LogP contribution < -0.4 is 4.74 Å². The zero-order valence-corrected chi connectivity index (χ0v) is 15.8. The number of nitrogens with zero attached hydrogens (tertiary/aromatic N) is 1. The molecule has 0 saturated carbocycles. The fourth-order valence-electron chi connectivity index (χ4n) is 2.39. The van der Waals surface area contributed by atoms with Crippen LogP contribution in [0.5, 0.6) is 5.75 Å². The topological polar surface area (TPSA) is 46.6 Å². The molecule has 0 fully saturated rings. The number of rotatable bonds is 9. The number of ether oxygens (including phenoxy) is 1. The highest BCUT2D eigenvalue weighted by molar-refractivity contribution is 5.87. The summed E-state index contributed by atoms with van der Waals surface area (Å²) >= 11 is 0. The van der Waals surface area contributed by atoms with E-state index in [9.17, 15) is 9.59 Å². The Balaban J connectivity index is 1.82. The Kier molecular flexibility index (Phi) is 8.04. The third kappa shape index (κ3) is 7.74. The Morgan fingerprint density at radius 1 is 1.04 bits per heavy atom. The van der Waals surface area contributed by atoms with Gasteiger partial charge in [0.15, 0.2) is 12.4 Å². The Morgan fingerprint density at radius 2 is 1.81 bits per heavy atom. The van der Waals surface area contributed by atoms with E-state index in [1.165, 1.54) is 18.6 Å². The zero-order chi connectivity index (χ0) is 19.5. The van der Waals surface area contributed by atoms with E-state index in [2.05, 4.69) is 12.1 Å². The van der Waals surface area contributed by atoms with Crippen molar-refractivity contribution in [2.75, 3.05) is 20.2 Å². The minimum Gasteiger partial charge on any atom is -0.484 e. The summed E-state index contributed by atoms with van der Waals surface area (Å²) in [6, 6.07) is 17.6. The molecule has 0 aliphatic carbocycles. The molecule has 0 aliphatic heterocycles. The molecule has 0 N–H and O–H groups in total. The van der Waals surface area contributed by atoms with Crippen molar-refractivity contribution in [3.8, 4) is 5.75 Å². The first-order valence-corrected chi connectivity index (χ1v) is 8.90. The molecule has 0 unspecified atom stereocenters. The van der Waals surface area contributed by atoms with Gasteiger partial charge in [-0.05, 0) is 42.7 Å². The molecule has 0 saturated heterocycles. The molecule has 2 aromatic rings. The first kappa shape index (κ1) is 20.2. The molecule has 1 amide bonds. The quantitative estimate of drug-likeness (QED) is 0.501.